The minimum Gasteiger partial charge on any atom is -0.383 e. The van der Waals surface area contributed by atoms with E-state index in [4.69, 9.17) is 4.74 Å². The minimum atomic E-state index is 0.303. The zero-order valence-electron chi connectivity index (χ0n) is 12.8. The third-order valence-electron chi connectivity index (χ3n) is 3.05. The maximum atomic E-state index is 5.40. The highest BCUT2D eigenvalue weighted by atomic mass is 32.2. The number of ether oxygens (including phenoxy) is 1. The lowest BCUT2D eigenvalue weighted by Gasteiger charge is -2.20. The SMILES string of the molecule is CCSC(CC(C)OC)c1ccc(NC(C)C)cc1. The molecule has 0 amide bonds. The standard InChI is InChI=1S/C16H27NOS/c1-6-19-16(11-13(4)18-5)14-7-9-15(10-8-14)17-12(2)3/h7-10,12-13,16-17H,6,11H2,1-5H3. The van der Waals surface area contributed by atoms with Crippen LogP contribution in [0.25, 0.3) is 0 Å². The van der Waals surface area contributed by atoms with Crippen molar-refractivity contribution in [3.8, 4) is 0 Å². The van der Waals surface area contributed by atoms with Crippen LogP contribution in [0, 0.1) is 0 Å². The summed E-state index contributed by atoms with van der Waals surface area (Å²) in [6.45, 7) is 8.66. The number of methoxy groups -OCH3 is 1. The number of hydrogen-bond acceptors (Lipinski definition) is 3. The summed E-state index contributed by atoms with van der Waals surface area (Å²) in [4.78, 5) is 0. The molecule has 1 rings (SSSR count). The molecule has 0 saturated carbocycles. The number of thioether (sulfide) groups is 1. The second kappa shape index (κ2) is 8.49. The van der Waals surface area contributed by atoms with Crippen LogP contribution in [0.2, 0.25) is 0 Å². The summed E-state index contributed by atoms with van der Waals surface area (Å²) in [7, 11) is 1.79. The molecule has 0 aliphatic heterocycles. The quantitative estimate of drug-likeness (QED) is 0.744. The largest absolute Gasteiger partial charge is 0.383 e. The van der Waals surface area contributed by atoms with Crippen LogP contribution in [-0.2, 0) is 4.74 Å². The fourth-order valence-electron chi connectivity index (χ4n) is 2.03. The van der Waals surface area contributed by atoms with Gasteiger partial charge in [0, 0.05) is 24.1 Å². The van der Waals surface area contributed by atoms with Crippen molar-refractivity contribution >= 4 is 17.4 Å². The number of nitrogens with one attached hydrogen (secondary N) is 1. The molecule has 0 fully saturated rings. The molecule has 1 N–H and O–H groups in total. The maximum absolute atomic E-state index is 5.40. The normalized spacial score (nSPS) is 14.4. The topological polar surface area (TPSA) is 21.3 Å². The Labute approximate surface area is 122 Å². The molecule has 0 bridgehead atoms. The van der Waals surface area contributed by atoms with Crippen LogP contribution < -0.4 is 5.32 Å². The van der Waals surface area contributed by atoms with Gasteiger partial charge in [-0.15, -0.1) is 0 Å². The Hall–Kier alpha value is -0.670. The Bertz CT molecular complexity index is 350. The molecule has 2 nitrogen and oxygen atoms in total. The van der Waals surface area contributed by atoms with Gasteiger partial charge in [-0.25, -0.2) is 0 Å². The van der Waals surface area contributed by atoms with Gasteiger partial charge in [0.25, 0.3) is 0 Å². The van der Waals surface area contributed by atoms with Crippen LogP contribution in [0.5, 0.6) is 0 Å². The monoisotopic (exact) mass is 281 g/mol. The Morgan fingerprint density at radius 3 is 2.26 bits per heavy atom. The van der Waals surface area contributed by atoms with E-state index in [-0.39, 0.29) is 0 Å². The molecule has 0 aliphatic carbocycles. The van der Waals surface area contributed by atoms with E-state index in [1.807, 2.05) is 11.8 Å². The van der Waals surface area contributed by atoms with Crippen LogP contribution in [0.15, 0.2) is 24.3 Å². The van der Waals surface area contributed by atoms with E-state index >= 15 is 0 Å². The molecule has 0 saturated heterocycles. The lowest BCUT2D eigenvalue weighted by molar-refractivity contribution is 0.110. The first-order chi connectivity index (χ1) is 9.06. The van der Waals surface area contributed by atoms with E-state index in [0.717, 1.165) is 12.2 Å². The molecule has 0 heterocycles. The molecule has 1 aromatic rings. The predicted octanol–water partition coefficient (Wildman–Crippen LogP) is 4.73. The van der Waals surface area contributed by atoms with Crippen molar-refractivity contribution in [2.24, 2.45) is 0 Å². The van der Waals surface area contributed by atoms with Gasteiger partial charge < -0.3 is 10.1 Å². The third-order valence-corrected chi connectivity index (χ3v) is 4.25. The molecule has 2 unspecified atom stereocenters. The highest BCUT2D eigenvalue weighted by Crippen LogP contribution is 2.34. The van der Waals surface area contributed by atoms with E-state index < -0.39 is 0 Å². The summed E-state index contributed by atoms with van der Waals surface area (Å²) in [5.74, 6) is 1.13. The lowest BCUT2D eigenvalue weighted by Crippen LogP contribution is -2.11. The van der Waals surface area contributed by atoms with Gasteiger partial charge in [-0.2, -0.15) is 11.8 Å². The minimum absolute atomic E-state index is 0.303. The van der Waals surface area contributed by atoms with E-state index in [0.29, 0.717) is 17.4 Å². The summed E-state index contributed by atoms with van der Waals surface area (Å²) in [6, 6.07) is 9.30. The van der Waals surface area contributed by atoms with Crippen LogP contribution in [0.1, 0.15) is 44.9 Å². The number of benzene rings is 1. The molecule has 108 valence electrons. The fourth-order valence-corrected chi connectivity index (χ4v) is 3.19. The smallest absolute Gasteiger partial charge is 0.0557 e. The van der Waals surface area contributed by atoms with Crippen LogP contribution in [-0.4, -0.2) is 25.0 Å². The van der Waals surface area contributed by atoms with Crippen LogP contribution >= 0.6 is 11.8 Å². The van der Waals surface area contributed by atoms with Crippen LogP contribution in [0.4, 0.5) is 5.69 Å². The summed E-state index contributed by atoms with van der Waals surface area (Å²) in [5, 5.41) is 3.94. The first kappa shape index (κ1) is 16.4. The molecule has 0 aromatic heterocycles. The van der Waals surface area contributed by atoms with Crippen LogP contribution in [0.3, 0.4) is 0 Å². The Morgan fingerprint density at radius 1 is 1.16 bits per heavy atom. The van der Waals surface area contributed by atoms with Crippen molar-refractivity contribution in [1.82, 2.24) is 0 Å². The molecule has 2 atom stereocenters. The zero-order valence-corrected chi connectivity index (χ0v) is 13.6. The number of anilines is 1. The van der Waals surface area contributed by atoms with Gasteiger partial charge in [0.1, 0.15) is 0 Å². The van der Waals surface area contributed by atoms with Crippen molar-refractivity contribution in [2.75, 3.05) is 18.2 Å². The first-order valence-corrected chi connectivity index (χ1v) is 8.12. The predicted molar refractivity (Wildman–Crippen MR) is 87.2 cm³/mol. The van der Waals surface area contributed by atoms with Crippen molar-refractivity contribution in [3.63, 3.8) is 0 Å². The van der Waals surface area contributed by atoms with Gasteiger partial charge in [-0.3, -0.25) is 0 Å². The second-order valence-electron chi connectivity index (χ2n) is 5.15. The summed E-state index contributed by atoms with van der Waals surface area (Å²) < 4.78 is 5.40. The molecule has 0 aliphatic rings. The average molecular weight is 281 g/mol. The van der Waals surface area contributed by atoms with Crippen molar-refractivity contribution in [2.45, 2.75) is 51.5 Å². The van der Waals surface area contributed by atoms with Gasteiger partial charge in [-0.1, -0.05) is 19.1 Å². The molecule has 3 heteroatoms. The summed E-state index contributed by atoms with van der Waals surface area (Å²) >= 11 is 1.99. The van der Waals surface area contributed by atoms with Crippen molar-refractivity contribution in [3.05, 3.63) is 29.8 Å². The molecular formula is C16H27NOS. The molecule has 0 radical (unpaired) electrons. The molecule has 19 heavy (non-hydrogen) atoms. The summed E-state index contributed by atoms with van der Waals surface area (Å²) in [6.07, 6.45) is 1.36. The zero-order chi connectivity index (χ0) is 14.3. The van der Waals surface area contributed by atoms with Gasteiger partial charge in [0.2, 0.25) is 0 Å². The van der Waals surface area contributed by atoms with Gasteiger partial charge in [-0.05, 0) is 50.6 Å². The Kier molecular flexibility index (Phi) is 7.32. The van der Waals surface area contributed by atoms with E-state index in [2.05, 4.69) is 57.3 Å². The Morgan fingerprint density at radius 2 is 1.79 bits per heavy atom. The molecular weight excluding hydrogens is 254 g/mol. The van der Waals surface area contributed by atoms with E-state index in [1.54, 1.807) is 7.11 Å². The van der Waals surface area contributed by atoms with E-state index in [1.165, 1.54) is 11.3 Å². The molecule has 1 aromatic carbocycles. The highest BCUT2D eigenvalue weighted by Gasteiger charge is 2.15. The lowest BCUT2D eigenvalue weighted by atomic mass is 10.1. The summed E-state index contributed by atoms with van der Waals surface area (Å²) in [5.41, 5.74) is 2.59. The fraction of sp³-hybridized carbons (Fsp3) is 0.625. The second-order valence-corrected chi connectivity index (χ2v) is 6.63. The third kappa shape index (κ3) is 5.87. The van der Waals surface area contributed by atoms with Gasteiger partial charge >= 0.3 is 0 Å². The number of rotatable bonds is 8. The van der Waals surface area contributed by atoms with Gasteiger partial charge in [0.15, 0.2) is 0 Å². The Balaban J connectivity index is 2.73. The van der Waals surface area contributed by atoms with E-state index in [9.17, 15) is 0 Å². The first-order valence-electron chi connectivity index (χ1n) is 7.07. The van der Waals surface area contributed by atoms with Crippen molar-refractivity contribution in [1.29, 1.82) is 0 Å². The number of hydrogen-bond donors (Lipinski definition) is 1. The highest BCUT2D eigenvalue weighted by molar-refractivity contribution is 7.99. The average Bonchev–Trinajstić information content (AvgIpc) is 2.38. The van der Waals surface area contributed by atoms with Gasteiger partial charge in [0.05, 0.1) is 6.10 Å². The molecule has 0 spiro atoms. The maximum Gasteiger partial charge on any atom is 0.0557 e. The van der Waals surface area contributed by atoms with Crippen molar-refractivity contribution < 1.29 is 4.74 Å².